The molecule has 1 saturated heterocycles. The third-order valence-corrected chi connectivity index (χ3v) is 4.92. The Morgan fingerprint density at radius 1 is 0.960 bits per heavy atom. The van der Waals surface area contributed by atoms with Crippen molar-refractivity contribution < 1.29 is 13.9 Å². The van der Waals surface area contributed by atoms with Crippen LogP contribution in [0.15, 0.2) is 48.5 Å². The maximum absolute atomic E-state index is 13.3. The Kier molecular flexibility index (Phi) is 6.00. The van der Waals surface area contributed by atoms with E-state index in [0.717, 1.165) is 37.2 Å². The van der Waals surface area contributed by atoms with Crippen LogP contribution in [-0.4, -0.2) is 36.2 Å². The lowest BCUT2D eigenvalue weighted by atomic mass is 9.85. The monoisotopic (exact) mass is 346 g/mol. The van der Waals surface area contributed by atoms with Crippen molar-refractivity contribution in [1.29, 1.82) is 0 Å². The molecule has 2 aromatic carbocycles. The number of aliphatic hydroxyl groups excluding tert-OH is 1. The Bertz CT molecular complexity index is 652. The van der Waals surface area contributed by atoms with Crippen LogP contribution in [0.3, 0.4) is 0 Å². The van der Waals surface area contributed by atoms with Gasteiger partial charge in [-0.05, 0) is 73.8 Å². The summed E-state index contributed by atoms with van der Waals surface area (Å²) in [4.78, 5) is 2.26. The zero-order valence-electron chi connectivity index (χ0n) is 14.2. The maximum atomic E-state index is 13.3. The first-order valence-corrected chi connectivity index (χ1v) is 8.76. The van der Waals surface area contributed by atoms with Crippen molar-refractivity contribution in [3.05, 3.63) is 65.7 Å². The summed E-state index contributed by atoms with van der Waals surface area (Å²) in [6.45, 7) is 2.77. The van der Waals surface area contributed by atoms with E-state index in [2.05, 4.69) is 10.2 Å². The van der Waals surface area contributed by atoms with Crippen LogP contribution >= 0.6 is 0 Å². The third-order valence-electron chi connectivity index (χ3n) is 4.92. The molecule has 0 aliphatic carbocycles. The zero-order valence-corrected chi connectivity index (χ0v) is 14.2. The predicted molar refractivity (Wildman–Crippen MR) is 95.4 cm³/mol. The Morgan fingerprint density at radius 2 is 1.52 bits per heavy atom. The van der Waals surface area contributed by atoms with Crippen molar-refractivity contribution in [1.82, 2.24) is 4.90 Å². The van der Waals surface area contributed by atoms with E-state index in [1.165, 1.54) is 24.3 Å². The van der Waals surface area contributed by atoms with Gasteiger partial charge in [-0.2, -0.15) is 0 Å². The molecule has 0 amide bonds. The zero-order chi connectivity index (χ0) is 17.6. The molecule has 1 aliphatic rings. The lowest BCUT2D eigenvalue weighted by Crippen LogP contribution is -2.38. The molecular weight excluding hydrogens is 322 g/mol. The molecule has 2 N–H and O–H groups in total. The second-order valence-electron chi connectivity index (χ2n) is 6.58. The van der Waals surface area contributed by atoms with Crippen molar-refractivity contribution >= 4 is 5.69 Å². The van der Waals surface area contributed by atoms with E-state index in [9.17, 15) is 8.78 Å². The standard InChI is InChI=1S/C20H24F2N2O/c21-17-3-1-15(2-4-17)20(23-19-7-5-18(22)6-8-19)16-9-11-24(12-10-16)13-14-25/h1-8,16,20,23,25H,9-14H2. The summed E-state index contributed by atoms with van der Waals surface area (Å²) < 4.78 is 26.5. The van der Waals surface area contributed by atoms with Crippen LogP contribution in [0.5, 0.6) is 0 Å². The molecule has 1 atom stereocenters. The highest BCUT2D eigenvalue weighted by molar-refractivity contribution is 5.45. The highest BCUT2D eigenvalue weighted by Gasteiger charge is 2.27. The minimum Gasteiger partial charge on any atom is -0.395 e. The minimum atomic E-state index is -0.263. The van der Waals surface area contributed by atoms with Crippen LogP contribution in [0.25, 0.3) is 0 Å². The van der Waals surface area contributed by atoms with Crippen LogP contribution < -0.4 is 5.32 Å². The van der Waals surface area contributed by atoms with Gasteiger partial charge in [0.2, 0.25) is 0 Å². The van der Waals surface area contributed by atoms with Gasteiger partial charge in [0.15, 0.2) is 0 Å². The summed E-state index contributed by atoms with van der Waals surface area (Å²) in [6.07, 6.45) is 1.99. The number of halogens is 2. The Hall–Kier alpha value is -1.98. The number of nitrogens with one attached hydrogen (secondary N) is 1. The Morgan fingerprint density at radius 3 is 2.08 bits per heavy atom. The van der Waals surface area contributed by atoms with E-state index in [1.54, 1.807) is 12.1 Å². The lowest BCUT2D eigenvalue weighted by Gasteiger charge is -2.37. The number of aliphatic hydroxyl groups is 1. The van der Waals surface area contributed by atoms with Gasteiger partial charge in [0, 0.05) is 12.2 Å². The molecule has 0 bridgehead atoms. The summed E-state index contributed by atoms with van der Waals surface area (Å²) >= 11 is 0. The van der Waals surface area contributed by atoms with Crippen LogP contribution in [0.4, 0.5) is 14.5 Å². The van der Waals surface area contributed by atoms with Crippen LogP contribution in [-0.2, 0) is 0 Å². The van der Waals surface area contributed by atoms with Gasteiger partial charge >= 0.3 is 0 Å². The van der Waals surface area contributed by atoms with Gasteiger partial charge in [-0.3, -0.25) is 0 Å². The number of rotatable bonds is 6. The molecule has 0 aromatic heterocycles. The first kappa shape index (κ1) is 17.8. The van der Waals surface area contributed by atoms with E-state index >= 15 is 0 Å². The molecule has 25 heavy (non-hydrogen) atoms. The predicted octanol–water partition coefficient (Wildman–Crippen LogP) is 3.82. The van der Waals surface area contributed by atoms with Crippen molar-refractivity contribution in [3.8, 4) is 0 Å². The minimum absolute atomic E-state index is 0.0438. The molecule has 1 unspecified atom stereocenters. The average molecular weight is 346 g/mol. The molecule has 0 saturated carbocycles. The van der Waals surface area contributed by atoms with E-state index < -0.39 is 0 Å². The van der Waals surface area contributed by atoms with Crippen LogP contribution in [0.2, 0.25) is 0 Å². The van der Waals surface area contributed by atoms with Crippen molar-refractivity contribution in [3.63, 3.8) is 0 Å². The first-order chi connectivity index (χ1) is 12.2. The molecule has 0 spiro atoms. The highest BCUT2D eigenvalue weighted by atomic mass is 19.1. The number of hydrogen-bond donors (Lipinski definition) is 2. The molecule has 1 fully saturated rings. The number of nitrogens with zero attached hydrogens (tertiary/aromatic N) is 1. The molecule has 1 aliphatic heterocycles. The fourth-order valence-corrected chi connectivity index (χ4v) is 3.52. The fourth-order valence-electron chi connectivity index (χ4n) is 3.52. The number of piperidine rings is 1. The van der Waals surface area contributed by atoms with Gasteiger partial charge in [0.25, 0.3) is 0 Å². The van der Waals surface area contributed by atoms with E-state index in [4.69, 9.17) is 5.11 Å². The van der Waals surface area contributed by atoms with Crippen LogP contribution in [0, 0.1) is 17.6 Å². The highest BCUT2D eigenvalue weighted by Crippen LogP contribution is 2.34. The summed E-state index contributed by atoms with van der Waals surface area (Å²) in [7, 11) is 0. The normalized spacial score (nSPS) is 17.4. The van der Waals surface area contributed by atoms with E-state index in [-0.39, 0.29) is 24.3 Å². The van der Waals surface area contributed by atoms with Gasteiger partial charge in [-0.15, -0.1) is 0 Å². The first-order valence-electron chi connectivity index (χ1n) is 8.76. The Labute approximate surface area is 147 Å². The van der Waals surface area contributed by atoms with Crippen molar-refractivity contribution in [2.75, 3.05) is 31.6 Å². The van der Waals surface area contributed by atoms with Gasteiger partial charge in [-0.25, -0.2) is 8.78 Å². The number of likely N-dealkylation sites (tertiary alicyclic amines) is 1. The van der Waals surface area contributed by atoms with Crippen LogP contribution in [0.1, 0.15) is 24.4 Å². The summed E-state index contributed by atoms with van der Waals surface area (Å²) in [5, 5.41) is 12.6. The molecule has 5 heteroatoms. The number of benzene rings is 2. The van der Waals surface area contributed by atoms with Gasteiger partial charge in [0.05, 0.1) is 12.6 Å². The number of anilines is 1. The second-order valence-corrected chi connectivity index (χ2v) is 6.58. The molecule has 0 radical (unpaired) electrons. The second kappa shape index (κ2) is 8.41. The third kappa shape index (κ3) is 4.77. The Balaban J connectivity index is 1.77. The maximum Gasteiger partial charge on any atom is 0.123 e. The summed E-state index contributed by atoms with van der Waals surface area (Å²) in [5.41, 5.74) is 1.89. The average Bonchev–Trinajstić information content (AvgIpc) is 2.63. The van der Waals surface area contributed by atoms with E-state index in [0.29, 0.717) is 12.5 Å². The largest absolute Gasteiger partial charge is 0.395 e. The molecule has 3 rings (SSSR count). The fraction of sp³-hybridized carbons (Fsp3) is 0.400. The molecule has 1 heterocycles. The summed E-state index contributed by atoms with van der Waals surface area (Å²) in [6, 6.07) is 13.0. The smallest absolute Gasteiger partial charge is 0.123 e. The van der Waals surface area contributed by atoms with Crippen molar-refractivity contribution in [2.45, 2.75) is 18.9 Å². The molecule has 134 valence electrons. The van der Waals surface area contributed by atoms with E-state index in [1.807, 2.05) is 12.1 Å². The lowest BCUT2D eigenvalue weighted by molar-refractivity contribution is 0.141. The molecule has 3 nitrogen and oxygen atoms in total. The van der Waals surface area contributed by atoms with Crippen molar-refractivity contribution in [2.24, 2.45) is 5.92 Å². The SMILES string of the molecule is OCCN1CCC(C(Nc2ccc(F)cc2)c2ccc(F)cc2)CC1. The van der Waals surface area contributed by atoms with Gasteiger partial charge in [0.1, 0.15) is 11.6 Å². The van der Waals surface area contributed by atoms with Gasteiger partial charge < -0.3 is 15.3 Å². The molecular formula is C20H24F2N2O. The quantitative estimate of drug-likeness (QED) is 0.835. The summed E-state index contributed by atoms with van der Waals surface area (Å²) in [5.74, 6) is -0.117. The topological polar surface area (TPSA) is 35.5 Å². The van der Waals surface area contributed by atoms with Gasteiger partial charge in [-0.1, -0.05) is 12.1 Å². The number of β-amino-alcohol motifs (C(OH)–C–C–N with tert-alkyl or cyclic N) is 1. The number of hydrogen-bond acceptors (Lipinski definition) is 3. The molecule has 2 aromatic rings.